The fourth-order valence-electron chi connectivity index (χ4n) is 1.38. The number of hydrogen-bond acceptors (Lipinski definition) is 3. The summed E-state index contributed by atoms with van der Waals surface area (Å²) in [5, 5.41) is 2.77. The molecule has 0 saturated carbocycles. The van der Waals surface area contributed by atoms with Crippen LogP contribution in [0.4, 0.5) is 0 Å². The molecule has 0 aromatic carbocycles. The average Bonchev–Trinajstić information content (AvgIpc) is 2.27. The van der Waals surface area contributed by atoms with Crippen molar-refractivity contribution in [3.05, 3.63) is 0 Å². The number of amides is 2. The minimum absolute atomic E-state index is 0. The van der Waals surface area contributed by atoms with Crippen molar-refractivity contribution in [3.63, 3.8) is 0 Å². The molecule has 108 valence electrons. The zero-order valence-corrected chi connectivity index (χ0v) is 12.5. The predicted octanol–water partition coefficient (Wildman–Crippen LogP) is 0.766. The van der Waals surface area contributed by atoms with Crippen molar-refractivity contribution in [3.8, 4) is 0 Å². The lowest BCUT2D eigenvalue weighted by molar-refractivity contribution is -0.132. The Kier molecular flexibility index (Phi) is 11.0. The number of rotatable bonds is 7. The van der Waals surface area contributed by atoms with Crippen molar-refractivity contribution >= 4 is 24.2 Å². The molecule has 0 rings (SSSR count). The van der Waals surface area contributed by atoms with Gasteiger partial charge in [-0.2, -0.15) is 0 Å². The molecule has 0 aliphatic heterocycles. The summed E-state index contributed by atoms with van der Waals surface area (Å²) in [7, 11) is 1.71. The third-order valence-electron chi connectivity index (χ3n) is 2.56. The molecule has 0 spiro atoms. The van der Waals surface area contributed by atoms with Gasteiger partial charge in [-0.05, 0) is 6.42 Å². The van der Waals surface area contributed by atoms with Gasteiger partial charge in [-0.15, -0.1) is 12.4 Å². The van der Waals surface area contributed by atoms with E-state index in [4.69, 9.17) is 5.73 Å². The van der Waals surface area contributed by atoms with Crippen molar-refractivity contribution in [1.29, 1.82) is 0 Å². The molecule has 0 bridgehead atoms. The molecule has 0 saturated heterocycles. The summed E-state index contributed by atoms with van der Waals surface area (Å²) in [4.78, 5) is 24.6. The van der Waals surface area contributed by atoms with Crippen LogP contribution in [0.3, 0.4) is 0 Å². The lowest BCUT2D eigenvalue weighted by Gasteiger charge is -2.21. The maximum atomic E-state index is 11.7. The molecule has 1 atom stereocenters. The highest BCUT2D eigenvalue weighted by Gasteiger charge is 2.16. The molecule has 18 heavy (non-hydrogen) atoms. The molecule has 3 N–H and O–H groups in total. The van der Waals surface area contributed by atoms with Gasteiger partial charge < -0.3 is 16.0 Å². The first-order chi connectivity index (χ1) is 7.90. The van der Waals surface area contributed by atoms with E-state index in [0.29, 0.717) is 19.5 Å². The normalized spacial score (nSPS) is 11.7. The van der Waals surface area contributed by atoms with E-state index in [9.17, 15) is 9.59 Å². The van der Waals surface area contributed by atoms with E-state index < -0.39 is 6.04 Å². The van der Waals surface area contributed by atoms with Gasteiger partial charge in [0.2, 0.25) is 11.8 Å². The molecule has 6 heteroatoms. The Labute approximate surface area is 116 Å². The molecule has 0 aromatic heterocycles. The van der Waals surface area contributed by atoms with Crippen LogP contribution in [0.2, 0.25) is 0 Å². The Balaban J connectivity index is 0. The van der Waals surface area contributed by atoms with Gasteiger partial charge in [0.1, 0.15) is 0 Å². The quantitative estimate of drug-likeness (QED) is 0.723. The number of nitrogens with zero attached hydrogens (tertiary/aromatic N) is 1. The molecule has 0 fully saturated rings. The lowest BCUT2D eigenvalue weighted by atomic mass is 10.1. The van der Waals surface area contributed by atoms with Crippen LogP contribution in [0.15, 0.2) is 0 Å². The van der Waals surface area contributed by atoms with Crippen LogP contribution in [0.1, 0.15) is 33.6 Å². The Morgan fingerprint density at radius 1 is 1.33 bits per heavy atom. The number of likely N-dealkylation sites (N-methyl/N-ethyl adjacent to an activating group) is 1. The zero-order valence-electron chi connectivity index (χ0n) is 11.7. The summed E-state index contributed by atoms with van der Waals surface area (Å²) in [5.74, 6) is -0.0901. The summed E-state index contributed by atoms with van der Waals surface area (Å²) in [6.07, 6.45) is 1.59. The van der Waals surface area contributed by atoms with Gasteiger partial charge in [0.05, 0.1) is 6.04 Å². The molecular weight excluding hydrogens is 254 g/mol. The monoisotopic (exact) mass is 279 g/mol. The number of carbonyl (C=O) groups excluding carboxylic acids is 2. The molecule has 0 aromatic rings. The molecule has 0 aliphatic rings. The van der Waals surface area contributed by atoms with Gasteiger partial charge in [-0.25, -0.2) is 0 Å². The number of carbonyl (C=O) groups is 2. The summed E-state index contributed by atoms with van der Waals surface area (Å²) >= 11 is 0. The van der Waals surface area contributed by atoms with Crippen LogP contribution in [0, 0.1) is 5.92 Å². The first-order valence-corrected chi connectivity index (χ1v) is 6.18. The zero-order chi connectivity index (χ0) is 13.4. The van der Waals surface area contributed by atoms with Crippen molar-refractivity contribution in [1.82, 2.24) is 10.2 Å². The number of nitrogens with two attached hydrogens (primary N) is 1. The van der Waals surface area contributed by atoms with Crippen molar-refractivity contribution in [2.75, 3.05) is 20.1 Å². The lowest BCUT2D eigenvalue weighted by Crippen LogP contribution is -2.44. The largest absolute Gasteiger partial charge is 0.354 e. The Morgan fingerprint density at radius 2 is 1.89 bits per heavy atom. The summed E-state index contributed by atoms with van der Waals surface area (Å²) in [6.45, 7) is 6.63. The van der Waals surface area contributed by atoms with Crippen molar-refractivity contribution in [2.24, 2.45) is 11.7 Å². The van der Waals surface area contributed by atoms with Gasteiger partial charge in [0, 0.05) is 26.1 Å². The average molecular weight is 280 g/mol. The summed E-state index contributed by atoms with van der Waals surface area (Å²) in [6, 6.07) is -0.425. The molecule has 0 heterocycles. The maximum absolute atomic E-state index is 11.7. The highest BCUT2D eigenvalue weighted by molar-refractivity contribution is 5.85. The van der Waals surface area contributed by atoms with Crippen LogP contribution in [-0.4, -0.2) is 42.9 Å². The third kappa shape index (κ3) is 7.50. The van der Waals surface area contributed by atoms with E-state index in [1.54, 1.807) is 11.9 Å². The van der Waals surface area contributed by atoms with E-state index in [0.717, 1.165) is 6.42 Å². The SMILES string of the molecule is CCCC(N)C(=O)N(C)CCNC(=O)C(C)C.Cl. The van der Waals surface area contributed by atoms with Crippen LogP contribution in [-0.2, 0) is 9.59 Å². The second kappa shape index (κ2) is 10.1. The van der Waals surface area contributed by atoms with Crippen LogP contribution in [0.25, 0.3) is 0 Å². The van der Waals surface area contributed by atoms with Gasteiger partial charge in [-0.1, -0.05) is 27.2 Å². The molecule has 1 unspecified atom stereocenters. The standard InChI is InChI=1S/C12H25N3O2.ClH/c1-5-6-10(13)12(17)15(4)8-7-14-11(16)9(2)3;/h9-10H,5-8,13H2,1-4H3,(H,14,16);1H. The van der Waals surface area contributed by atoms with Crippen LogP contribution < -0.4 is 11.1 Å². The van der Waals surface area contributed by atoms with Gasteiger partial charge >= 0.3 is 0 Å². The molecule has 5 nitrogen and oxygen atoms in total. The summed E-state index contributed by atoms with van der Waals surface area (Å²) < 4.78 is 0. The number of halogens is 1. The Hall–Kier alpha value is -0.810. The van der Waals surface area contributed by atoms with Gasteiger partial charge in [0.25, 0.3) is 0 Å². The topological polar surface area (TPSA) is 75.4 Å². The highest BCUT2D eigenvalue weighted by Crippen LogP contribution is 1.98. The van der Waals surface area contributed by atoms with Crippen LogP contribution in [0.5, 0.6) is 0 Å². The minimum Gasteiger partial charge on any atom is -0.354 e. The van der Waals surface area contributed by atoms with E-state index in [1.807, 2.05) is 20.8 Å². The highest BCUT2D eigenvalue weighted by atomic mass is 35.5. The third-order valence-corrected chi connectivity index (χ3v) is 2.56. The van der Waals surface area contributed by atoms with Gasteiger partial charge in [0.15, 0.2) is 0 Å². The van der Waals surface area contributed by atoms with E-state index >= 15 is 0 Å². The van der Waals surface area contributed by atoms with Crippen LogP contribution >= 0.6 is 12.4 Å². The van der Waals surface area contributed by atoms with Crippen molar-refractivity contribution < 1.29 is 9.59 Å². The maximum Gasteiger partial charge on any atom is 0.239 e. The second-order valence-corrected chi connectivity index (χ2v) is 4.60. The molecule has 2 amide bonds. The van der Waals surface area contributed by atoms with E-state index in [1.165, 1.54) is 0 Å². The first-order valence-electron chi connectivity index (χ1n) is 6.18. The molecule has 0 radical (unpaired) electrons. The summed E-state index contributed by atoms with van der Waals surface area (Å²) in [5.41, 5.74) is 5.73. The molecular formula is C12H26ClN3O2. The Bertz CT molecular complexity index is 260. The van der Waals surface area contributed by atoms with E-state index in [2.05, 4.69) is 5.32 Å². The minimum atomic E-state index is -0.425. The fraction of sp³-hybridized carbons (Fsp3) is 0.833. The Morgan fingerprint density at radius 3 is 2.33 bits per heavy atom. The smallest absolute Gasteiger partial charge is 0.239 e. The molecule has 0 aliphatic carbocycles. The fourth-order valence-corrected chi connectivity index (χ4v) is 1.38. The predicted molar refractivity (Wildman–Crippen MR) is 75.6 cm³/mol. The number of nitrogens with one attached hydrogen (secondary N) is 1. The van der Waals surface area contributed by atoms with E-state index in [-0.39, 0.29) is 30.1 Å². The second-order valence-electron chi connectivity index (χ2n) is 4.60. The van der Waals surface area contributed by atoms with Gasteiger partial charge in [-0.3, -0.25) is 9.59 Å². The first kappa shape index (κ1) is 19.5. The number of hydrogen-bond donors (Lipinski definition) is 2. The van der Waals surface area contributed by atoms with Crippen molar-refractivity contribution in [2.45, 2.75) is 39.7 Å².